The summed E-state index contributed by atoms with van der Waals surface area (Å²) in [5.41, 5.74) is 1.77. The van der Waals surface area contributed by atoms with E-state index < -0.39 is 6.04 Å². The maximum absolute atomic E-state index is 12.5. The Bertz CT molecular complexity index is 821. The Morgan fingerprint density at radius 3 is 2.26 bits per heavy atom. The molecule has 27 heavy (non-hydrogen) atoms. The molecule has 2 aromatic carbocycles. The molecule has 7 nitrogen and oxygen atoms in total. The third kappa shape index (κ3) is 4.44. The number of carbonyl (C=O) groups is 3. The number of para-hydroxylation sites is 1. The van der Waals surface area contributed by atoms with Crippen molar-refractivity contribution in [2.45, 2.75) is 18.9 Å². The Morgan fingerprint density at radius 2 is 1.59 bits per heavy atom. The molecular weight excluding hydrogens is 344 g/mol. The molecule has 1 heterocycles. The first-order valence-electron chi connectivity index (χ1n) is 8.84. The lowest BCUT2D eigenvalue weighted by Crippen LogP contribution is -2.46. The predicted molar refractivity (Wildman–Crippen MR) is 104 cm³/mol. The summed E-state index contributed by atoms with van der Waals surface area (Å²) in [5, 5.41) is 8.18. The first-order chi connectivity index (χ1) is 13.1. The molecule has 1 atom stereocenters. The van der Waals surface area contributed by atoms with E-state index in [-0.39, 0.29) is 17.8 Å². The van der Waals surface area contributed by atoms with Crippen molar-refractivity contribution in [1.82, 2.24) is 10.2 Å². The smallest absolute Gasteiger partial charge is 0.322 e. The minimum absolute atomic E-state index is 0.157. The SMILES string of the molecule is CNC(=O)C1CCCN1C(=O)Nc1ccc(C(=O)Nc2ccccc2)cc1. The van der Waals surface area contributed by atoms with E-state index in [9.17, 15) is 14.4 Å². The Labute approximate surface area is 157 Å². The maximum Gasteiger partial charge on any atom is 0.322 e. The van der Waals surface area contributed by atoms with Gasteiger partial charge in [0, 0.05) is 30.5 Å². The quantitative estimate of drug-likeness (QED) is 0.777. The van der Waals surface area contributed by atoms with Crippen LogP contribution in [0.3, 0.4) is 0 Å². The highest BCUT2D eigenvalue weighted by molar-refractivity contribution is 6.04. The van der Waals surface area contributed by atoms with Gasteiger partial charge < -0.3 is 20.9 Å². The molecule has 3 N–H and O–H groups in total. The summed E-state index contributed by atoms with van der Waals surface area (Å²) in [5.74, 6) is -0.381. The number of carbonyl (C=O) groups excluding carboxylic acids is 3. The van der Waals surface area contributed by atoms with Crippen LogP contribution < -0.4 is 16.0 Å². The highest BCUT2D eigenvalue weighted by atomic mass is 16.2. The van der Waals surface area contributed by atoms with Crippen LogP contribution in [0, 0.1) is 0 Å². The molecule has 1 fully saturated rings. The zero-order valence-corrected chi connectivity index (χ0v) is 15.1. The third-order valence-electron chi connectivity index (χ3n) is 4.49. The van der Waals surface area contributed by atoms with Crippen molar-refractivity contribution in [3.05, 3.63) is 60.2 Å². The number of urea groups is 1. The van der Waals surface area contributed by atoms with Crippen LogP contribution >= 0.6 is 0 Å². The van der Waals surface area contributed by atoms with Crippen LogP contribution in [-0.4, -0.2) is 42.4 Å². The molecule has 0 spiro atoms. The first kappa shape index (κ1) is 18.4. The van der Waals surface area contributed by atoms with E-state index in [2.05, 4.69) is 16.0 Å². The predicted octanol–water partition coefficient (Wildman–Crippen LogP) is 2.68. The largest absolute Gasteiger partial charge is 0.357 e. The number of amides is 4. The topological polar surface area (TPSA) is 90.5 Å². The fourth-order valence-electron chi connectivity index (χ4n) is 3.07. The molecule has 0 saturated carbocycles. The first-order valence-corrected chi connectivity index (χ1v) is 8.84. The number of nitrogens with one attached hydrogen (secondary N) is 3. The van der Waals surface area contributed by atoms with Gasteiger partial charge in [-0.25, -0.2) is 4.79 Å². The second-order valence-electron chi connectivity index (χ2n) is 6.29. The van der Waals surface area contributed by atoms with Crippen LogP contribution in [0.25, 0.3) is 0 Å². The summed E-state index contributed by atoms with van der Waals surface area (Å²) in [7, 11) is 1.57. The molecule has 1 aliphatic heterocycles. The van der Waals surface area contributed by atoms with E-state index in [1.165, 1.54) is 4.90 Å². The lowest BCUT2D eigenvalue weighted by Gasteiger charge is -2.23. The standard InChI is InChI=1S/C20H22N4O3/c1-21-19(26)17-8-5-13-24(17)20(27)23-16-11-9-14(10-12-16)18(25)22-15-6-3-2-4-7-15/h2-4,6-7,9-12,17H,5,8,13H2,1H3,(H,21,26)(H,22,25)(H,23,27). The molecule has 2 aromatic rings. The van der Waals surface area contributed by atoms with E-state index in [1.54, 1.807) is 31.3 Å². The number of rotatable bonds is 4. The lowest BCUT2D eigenvalue weighted by atomic mass is 10.2. The molecule has 0 radical (unpaired) electrons. The summed E-state index contributed by atoms with van der Waals surface area (Å²) >= 11 is 0. The Morgan fingerprint density at radius 1 is 0.926 bits per heavy atom. The summed E-state index contributed by atoms with van der Waals surface area (Å²) in [4.78, 5) is 38.1. The van der Waals surface area contributed by atoms with E-state index in [1.807, 2.05) is 30.3 Å². The van der Waals surface area contributed by atoms with Crippen molar-refractivity contribution < 1.29 is 14.4 Å². The second kappa shape index (κ2) is 8.35. The van der Waals surface area contributed by atoms with Crippen LogP contribution in [-0.2, 0) is 4.79 Å². The van der Waals surface area contributed by atoms with Gasteiger partial charge in [-0.3, -0.25) is 9.59 Å². The van der Waals surface area contributed by atoms with E-state index in [0.717, 1.165) is 6.42 Å². The molecule has 0 aromatic heterocycles. The molecular formula is C20H22N4O3. The minimum atomic E-state index is -0.439. The van der Waals surface area contributed by atoms with Crippen molar-refractivity contribution in [2.75, 3.05) is 24.2 Å². The van der Waals surface area contributed by atoms with Gasteiger partial charge in [0.25, 0.3) is 5.91 Å². The Hall–Kier alpha value is -3.35. The van der Waals surface area contributed by atoms with Crippen molar-refractivity contribution in [1.29, 1.82) is 0 Å². The van der Waals surface area contributed by atoms with E-state index in [4.69, 9.17) is 0 Å². The average molecular weight is 366 g/mol. The number of hydrogen-bond donors (Lipinski definition) is 3. The fraction of sp³-hybridized carbons (Fsp3) is 0.250. The number of benzene rings is 2. The summed E-state index contributed by atoms with van der Waals surface area (Å²) in [6.45, 7) is 0.543. The molecule has 140 valence electrons. The van der Waals surface area contributed by atoms with Crippen LogP contribution in [0.5, 0.6) is 0 Å². The van der Waals surface area contributed by atoms with Crippen molar-refractivity contribution >= 4 is 29.2 Å². The van der Waals surface area contributed by atoms with Crippen molar-refractivity contribution in [3.63, 3.8) is 0 Å². The van der Waals surface area contributed by atoms with Gasteiger partial charge >= 0.3 is 6.03 Å². The van der Waals surface area contributed by atoms with Crippen LogP contribution in [0.4, 0.5) is 16.2 Å². The van der Waals surface area contributed by atoms with Crippen molar-refractivity contribution in [3.8, 4) is 0 Å². The van der Waals surface area contributed by atoms with Gasteiger partial charge in [0.15, 0.2) is 0 Å². The molecule has 4 amide bonds. The van der Waals surface area contributed by atoms with Crippen LogP contribution in [0.15, 0.2) is 54.6 Å². The molecule has 1 aliphatic rings. The van der Waals surface area contributed by atoms with Gasteiger partial charge in [-0.15, -0.1) is 0 Å². The zero-order valence-electron chi connectivity index (χ0n) is 15.1. The number of likely N-dealkylation sites (tertiary alicyclic amines) is 1. The Balaban J connectivity index is 1.61. The third-order valence-corrected chi connectivity index (χ3v) is 4.49. The number of likely N-dealkylation sites (N-methyl/N-ethyl adjacent to an activating group) is 1. The molecule has 0 bridgehead atoms. The Kier molecular flexibility index (Phi) is 5.71. The molecule has 7 heteroatoms. The highest BCUT2D eigenvalue weighted by Crippen LogP contribution is 2.19. The van der Waals surface area contributed by atoms with Gasteiger partial charge in [-0.05, 0) is 49.2 Å². The minimum Gasteiger partial charge on any atom is -0.357 e. The fourth-order valence-corrected chi connectivity index (χ4v) is 3.07. The van der Waals surface area contributed by atoms with Gasteiger partial charge in [0.05, 0.1) is 0 Å². The summed E-state index contributed by atoms with van der Waals surface area (Å²) in [6.07, 6.45) is 1.45. The van der Waals surface area contributed by atoms with Gasteiger partial charge in [0.1, 0.15) is 6.04 Å². The van der Waals surface area contributed by atoms with E-state index in [0.29, 0.717) is 29.9 Å². The normalized spacial score (nSPS) is 15.9. The zero-order chi connectivity index (χ0) is 19.2. The number of hydrogen-bond acceptors (Lipinski definition) is 3. The van der Waals surface area contributed by atoms with Gasteiger partial charge in [-0.2, -0.15) is 0 Å². The van der Waals surface area contributed by atoms with E-state index >= 15 is 0 Å². The highest BCUT2D eigenvalue weighted by Gasteiger charge is 2.33. The number of anilines is 2. The van der Waals surface area contributed by atoms with Crippen LogP contribution in [0.2, 0.25) is 0 Å². The number of nitrogens with zero attached hydrogens (tertiary/aromatic N) is 1. The molecule has 0 aliphatic carbocycles. The maximum atomic E-state index is 12.5. The molecule has 3 rings (SSSR count). The monoisotopic (exact) mass is 366 g/mol. The summed E-state index contributed by atoms with van der Waals surface area (Å²) < 4.78 is 0. The summed E-state index contributed by atoms with van der Waals surface area (Å²) in [6, 6.07) is 15.1. The second-order valence-corrected chi connectivity index (χ2v) is 6.29. The van der Waals surface area contributed by atoms with Gasteiger partial charge in [-0.1, -0.05) is 18.2 Å². The van der Waals surface area contributed by atoms with Crippen LogP contribution in [0.1, 0.15) is 23.2 Å². The van der Waals surface area contributed by atoms with Gasteiger partial charge in [0.2, 0.25) is 5.91 Å². The van der Waals surface area contributed by atoms with Crippen molar-refractivity contribution in [2.24, 2.45) is 0 Å². The lowest BCUT2D eigenvalue weighted by molar-refractivity contribution is -0.124. The molecule has 1 unspecified atom stereocenters. The molecule has 1 saturated heterocycles. The average Bonchev–Trinajstić information content (AvgIpc) is 3.18.